The van der Waals surface area contributed by atoms with E-state index in [1.165, 1.54) is 34.9 Å². The molecule has 1 aliphatic rings. The van der Waals surface area contributed by atoms with Gasteiger partial charge < -0.3 is 10.2 Å². The van der Waals surface area contributed by atoms with Crippen molar-refractivity contribution in [3.8, 4) is 0 Å². The van der Waals surface area contributed by atoms with Crippen LogP contribution in [0.1, 0.15) is 35.2 Å². The van der Waals surface area contributed by atoms with Gasteiger partial charge in [0.2, 0.25) is 0 Å². The highest BCUT2D eigenvalue weighted by molar-refractivity contribution is 7.17. The number of nitrogens with zero attached hydrogens (tertiary/aromatic N) is 2. The van der Waals surface area contributed by atoms with Crippen molar-refractivity contribution in [3.63, 3.8) is 0 Å². The first kappa shape index (κ1) is 17.0. The Kier molecular flexibility index (Phi) is 5.16. The lowest BCUT2D eigenvalue weighted by molar-refractivity contribution is 0.0954. The molecule has 26 heavy (non-hydrogen) atoms. The maximum Gasteiger partial charge on any atom is 0.255 e. The molecule has 2 aromatic heterocycles. The fourth-order valence-corrected chi connectivity index (χ4v) is 4.56. The Balaban J connectivity index is 1.42. The van der Waals surface area contributed by atoms with E-state index in [1.54, 1.807) is 17.5 Å². The molecule has 4 rings (SSSR count). The molecule has 0 saturated carbocycles. The number of hydrogen-bond acceptors (Lipinski definition) is 4. The molecule has 1 N–H and O–H groups in total. The summed E-state index contributed by atoms with van der Waals surface area (Å²) in [5.41, 5.74) is 1.98. The van der Waals surface area contributed by atoms with E-state index in [2.05, 4.69) is 44.8 Å². The second-order valence-electron chi connectivity index (χ2n) is 6.69. The summed E-state index contributed by atoms with van der Waals surface area (Å²) in [5, 5.41) is 6.57. The molecule has 4 nitrogen and oxygen atoms in total. The predicted molar refractivity (Wildman–Crippen MR) is 108 cm³/mol. The summed E-state index contributed by atoms with van der Waals surface area (Å²) in [6, 6.07) is 12.1. The lowest BCUT2D eigenvalue weighted by Crippen LogP contribution is -2.34. The van der Waals surface area contributed by atoms with E-state index in [1.807, 2.05) is 12.1 Å². The Hall–Kier alpha value is -2.40. The van der Waals surface area contributed by atoms with Gasteiger partial charge >= 0.3 is 0 Å². The van der Waals surface area contributed by atoms with Crippen molar-refractivity contribution in [2.45, 2.75) is 25.7 Å². The van der Waals surface area contributed by atoms with E-state index in [9.17, 15) is 4.79 Å². The van der Waals surface area contributed by atoms with Crippen LogP contribution in [0.2, 0.25) is 0 Å². The second-order valence-corrected chi connectivity index (χ2v) is 7.60. The molecule has 3 aromatic rings. The fraction of sp³-hybridized carbons (Fsp3) is 0.333. The minimum absolute atomic E-state index is 0.0294. The number of carbonyl (C=O) groups is 1. The average molecular weight is 366 g/mol. The molecule has 1 aliphatic heterocycles. The van der Waals surface area contributed by atoms with Gasteiger partial charge in [0.1, 0.15) is 5.82 Å². The molecule has 0 aliphatic carbocycles. The summed E-state index contributed by atoms with van der Waals surface area (Å²) in [6.07, 6.45) is 6.22. The van der Waals surface area contributed by atoms with Crippen LogP contribution >= 0.6 is 11.3 Å². The highest BCUT2D eigenvalue weighted by Gasteiger charge is 2.19. The average Bonchev–Trinajstić information content (AvgIpc) is 3.12. The molecular weight excluding hydrogens is 342 g/mol. The van der Waals surface area contributed by atoms with E-state index in [4.69, 9.17) is 0 Å². The second kappa shape index (κ2) is 7.87. The van der Waals surface area contributed by atoms with Crippen LogP contribution in [0.15, 0.2) is 48.0 Å². The van der Waals surface area contributed by atoms with Crippen LogP contribution in [0.4, 0.5) is 5.82 Å². The van der Waals surface area contributed by atoms with Gasteiger partial charge in [0.05, 0.1) is 5.56 Å². The number of anilines is 1. The zero-order chi connectivity index (χ0) is 17.8. The first-order valence-corrected chi connectivity index (χ1v) is 10.1. The zero-order valence-electron chi connectivity index (χ0n) is 14.8. The molecule has 5 heteroatoms. The van der Waals surface area contributed by atoms with Gasteiger partial charge in [-0.3, -0.25) is 4.79 Å². The van der Waals surface area contributed by atoms with Gasteiger partial charge in [-0.15, -0.1) is 11.3 Å². The molecule has 3 heterocycles. The Morgan fingerprint density at radius 2 is 1.96 bits per heavy atom. The number of aromatic nitrogens is 1. The van der Waals surface area contributed by atoms with Crippen LogP contribution in [-0.4, -0.2) is 30.5 Å². The normalized spacial score (nSPS) is 14.5. The molecule has 0 atom stereocenters. The number of rotatable bonds is 5. The van der Waals surface area contributed by atoms with Crippen molar-refractivity contribution < 1.29 is 4.79 Å². The Labute approximate surface area is 157 Å². The highest BCUT2D eigenvalue weighted by atomic mass is 32.1. The smallest absolute Gasteiger partial charge is 0.255 e. The number of benzene rings is 1. The largest absolute Gasteiger partial charge is 0.356 e. The SMILES string of the molecule is O=C(NCCc1csc2ccccc12)c1cccnc1N1CCCCC1. The molecule has 1 amide bonds. The van der Waals surface area contributed by atoms with Crippen LogP contribution in [0.3, 0.4) is 0 Å². The molecular formula is C21H23N3OS. The zero-order valence-corrected chi connectivity index (χ0v) is 15.6. The van der Waals surface area contributed by atoms with Crippen molar-refractivity contribution in [2.75, 3.05) is 24.5 Å². The van der Waals surface area contributed by atoms with Gasteiger partial charge in [-0.05, 0) is 60.2 Å². The van der Waals surface area contributed by atoms with Crippen LogP contribution in [0.5, 0.6) is 0 Å². The first-order valence-electron chi connectivity index (χ1n) is 9.26. The molecule has 1 saturated heterocycles. The Morgan fingerprint density at radius 1 is 1.12 bits per heavy atom. The van der Waals surface area contributed by atoms with Gasteiger partial charge in [0.15, 0.2) is 0 Å². The number of carbonyl (C=O) groups excluding carboxylic acids is 1. The van der Waals surface area contributed by atoms with E-state index >= 15 is 0 Å². The number of piperidine rings is 1. The topological polar surface area (TPSA) is 45.2 Å². The maximum atomic E-state index is 12.7. The monoisotopic (exact) mass is 365 g/mol. The van der Waals surface area contributed by atoms with Crippen LogP contribution in [-0.2, 0) is 6.42 Å². The molecule has 1 aromatic carbocycles. The van der Waals surface area contributed by atoms with Gasteiger partial charge in [-0.25, -0.2) is 4.98 Å². The van der Waals surface area contributed by atoms with Gasteiger partial charge in [0, 0.05) is 30.5 Å². The maximum absolute atomic E-state index is 12.7. The number of fused-ring (bicyclic) bond motifs is 1. The summed E-state index contributed by atoms with van der Waals surface area (Å²) in [7, 11) is 0. The van der Waals surface area contributed by atoms with Gasteiger partial charge in [0.25, 0.3) is 5.91 Å². The quantitative estimate of drug-likeness (QED) is 0.735. The molecule has 0 spiro atoms. The summed E-state index contributed by atoms with van der Waals surface area (Å²) in [5.74, 6) is 0.795. The van der Waals surface area contributed by atoms with E-state index in [-0.39, 0.29) is 5.91 Å². The van der Waals surface area contributed by atoms with Crippen molar-refractivity contribution >= 4 is 33.1 Å². The number of pyridine rings is 1. The van der Waals surface area contributed by atoms with Crippen LogP contribution < -0.4 is 10.2 Å². The number of amides is 1. The Bertz CT molecular complexity index is 899. The summed E-state index contributed by atoms with van der Waals surface area (Å²) < 4.78 is 1.30. The number of hydrogen-bond donors (Lipinski definition) is 1. The third kappa shape index (κ3) is 3.58. The van der Waals surface area contributed by atoms with Crippen LogP contribution in [0, 0.1) is 0 Å². The highest BCUT2D eigenvalue weighted by Crippen LogP contribution is 2.26. The number of thiophene rings is 1. The van der Waals surface area contributed by atoms with Crippen molar-refractivity contribution in [1.29, 1.82) is 0 Å². The van der Waals surface area contributed by atoms with Gasteiger partial charge in [-0.2, -0.15) is 0 Å². The Morgan fingerprint density at radius 3 is 2.85 bits per heavy atom. The van der Waals surface area contributed by atoms with Crippen molar-refractivity contribution in [2.24, 2.45) is 0 Å². The molecule has 1 fully saturated rings. The lowest BCUT2D eigenvalue weighted by Gasteiger charge is -2.29. The lowest BCUT2D eigenvalue weighted by atomic mass is 10.1. The fourth-order valence-electron chi connectivity index (χ4n) is 3.56. The summed E-state index contributed by atoms with van der Waals surface area (Å²) >= 11 is 1.76. The first-order chi connectivity index (χ1) is 12.8. The molecule has 134 valence electrons. The van der Waals surface area contributed by atoms with E-state index in [0.717, 1.165) is 25.3 Å². The summed E-state index contributed by atoms with van der Waals surface area (Å²) in [4.78, 5) is 19.5. The minimum Gasteiger partial charge on any atom is -0.356 e. The molecule has 0 bridgehead atoms. The van der Waals surface area contributed by atoms with Gasteiger partial charge in [-0.1, -0.05) is 18.2 Å². The minimum atomic E-state index is -0.0294. The third-order valence-corrected chi connectivity index (χ3v) is 5.94. The van der Waals surface area contributed by atoms with Crippen LogP contribution in [0.25, 0.3) is 10.1 Å². The molecule has 0 unspecified atom stereocenters. The molecule has 0 radical (unpaired) electrons. The van der Waals surface area contributed by atoms with Crippen molar-refractivity contribution in [3.05, 3.63) is 59.1 Å². The van der Waals surface area contributed by atoms with E-state index in [0.29, 0.717) is 12.1 Å². The third-order valence-electron chi connectivity index (χ3n) is 4.93. The van der Waals surface area contributed by atoms with Crippen molar-refractivity contribution in [1.82, 2.24) is 10.3 Å². The standard InChI is InChI=1S/C21H23N3OS/c25-21(18-8-6-11-22-20(18)24-13-4-1-5-14-24)23-12-10-16-15-26-19-9-3-2-7-17(16)19/h2-3,6-9,11,15H,1,4-5,10,12-14H2,(H,23,25). The predicted octanol–water partition coefficient (Wildman–Crippen LogP) is 4.26. The van der Waals surface area contributed by atoms with E-state index < -0.39 is 0 Å². The number of nitrogens with one attached hydrogen (secondary N) is 1. The summed E-state index contributed by atoms with van der Waals surface area (Å²) in [6.45, 7) is 2.60.